The Bertz CT molecular complexity index is 141. The second-order valence-electron chi connectivity index (χ2n) is 2.02. The average molecular weight is 170 g/mol. The van der Waals surface area contributed by atoms with Crippen LogP contribution in [0.5, 0.6) is 0 Å². The minimum atomic E-state index is -4.49. The van der Waals surface area contributed by atoms with E-state index >= 15 is 0 Å². The molecule has 0 spiro atoms. The first kappa shape index (κ1) is 10.3. The Kier molecular flexibility index (Phi) is 3.35. The zero-order chi connectivity index (χ0) is 9.07. The lowest BCUT2D eigenvalue weighted by Crippen LogP contribution is -2.29. The quantitative estimate of drug-likeness (QED) is 0.590. The average Bonchev–Trinajstić information content (AvgIpc) is 1.85. The molecule has 66 valence electrons. The maximum atomic E-state index is 11.7. The van der Waals surface area contributed by atoms with Gasteiger partial charge in [-0.05, 0) is 13.8 Å². The van der Waals surface area contributed by atoms with Gasteiger partial charge in [0.25, 0.3) is 0 Å². The molecule has 0 aromatic carbocycles. The summed E-state index contributed by atoms with van der Waals surface area (Å²) in [5, 5.41) is 0. The normalized spacial score (nSPS) is 14.3. The van der Waals surface area contributed by atoms with Crippen LogP contribution < -0.4 is 0 Å². The van der Waals surface area contributed by atoms with Gasteiger partial charge in [-0.15, -0.1) is 0 Å². The van der Waals surface area contributed by atoms with Crippen LogP contribution in [0.15, 0.2) is 0 Å². The number of esters is 1. The minimum Gasteiger partial charge on any atom is -0.466 e. The molecular weight excluding hydrogens is 161 g/mol. The van der Waals surface area contributed by atoms with Crippen LogP contribution in [0.2, 0.25) is 0 Å². The lowest BCUT2D eigenvalue weighted by molar-refractivity contribution is -0.193. The topological polar surface area (TPSA) is 26.3 Å². The minimum absolute atomic E-state index is 0.0285. The molecule has 0 aliphatic rings. The third-order valence-corrected chi connectivity index (χ3v) is 1.13. The van der Waals surface area contributed by atoms with Gasteiger partial charge >= 0.3 is 12.1 Å². The maximum absolute atomic E-state index is 11.7. The van der Waals surface area contributed by atoms with Gasteiger partial charge < -0.3 is 4.74 Å². The summed E-state index contributed by atoms with van der Waals surface area (Å²) in [5.74, 6) is -3.25. The van der Waals surface area contributed by atoms with Gasteiger partial charge in [-0.1, -0.05) is 0 Å². The summed E-state index contributed by atoms with van der Waals surface area (Å²) in [6.07, 6.45) is -4.49. The second-order valence-corrected chi connectivity index (χ2v) is 2.02. The van der Waals surface area contributed by atoms with Crippen LogP contribution in [0.25, 0.3) is 0 Å². The summed E-state index contributed by atoms with van der Waals surface area (Å²) in [5.41, 5.74) is 0. The van der Waals surface area contributed by atoms with Gasteiger partial charge in [0.05, 0.1) is 6.61 Å². The third-order valence-electron chi connectivity index (χ3n) is 1.13. The number of rotatable bonds is 2. The Morgan fingerprint density at radius 3 is 2.27 bits per heavy atom. The van der Waals surface area contributed by atoms with Gasteiger partial charge in [-0.25, -0.2) is 0 Å². The molecule has 0 bridgehead atoms. The fourth-order valence-corrected chi connectivity index (χ4v) is 0.401. The van der Waals surface area contributed by atoms with E-state index in [1.807, 2.05) is 0 Å². The number of carbonyl (C=O) groups excluding carboxylic acids is 1. The fourth-order valence-electron chi connectivity index (χ4n) is 0.401. The molecule has 0 amide bonds. The fraction of sp³-hybridized carbons (Fsp3) is 0.833. The van der Waals surface area contributed by atoms with Crippen molar-refractivity contribution in [2.45, 2.75) is 20.0 Å². The predicted octanol–water partition coefficient (Wildman–Crippen LogP) is 1.75. The Labute approximate surface area is 62.3 Å². The molecule has 0 fully saturated rings. The molecule has 11 heavy (non-hydrogen) atoms. The molecule has 0 aliphatic carbocycles. The first-order valence-corrected chi connectivity index (χ1v) is 3.13. The van der Waals surface area contributed by atoms with E-state index in [0.29, 0.717) is 0 Å². The predicted molar refractivity (Wildman–Crippen MR) is 31.9 cm³/mol. The summed E-state index contributed by atoms with van der Waals surface area (Å²) < 4.78 is 39.3. The Hall–Kier alpha value is -0.740. The molecule has 0 N–H and O–H groups in total. The van der Waals surface area contributed by atoms with Gasteiger partial charge in [-0.3, -0.25) is 4.79 Å². The molecule has 0 saturated heterocycles. The highest BCUT2D eigenvalue weighted by Gasteiger charge is 2.42. The van der Waals surface area contributed by atoms with E-state index in [9.17, 15) is 18.0 Å². The number of ether oxygens (including phenoxy) is 1. The van der Waals surface area contributed by atoms with Crippen molar-refractivity contribution in [3.05, 3.63) is 0 Å². The van der Waals surface area contributed by atoms with Crippen LogP contribution in [0.4, 0.5) is 13.2 Å². The molecule has 0 heterocycles. The molecule has 2 nitrogen and oxygen atoms in total. The zero-order valence-electron chi connectivity index (χ0n) is 6.23. The molecule has 5 heteroatoms. The maximum Gasteiger partial charge on any atom is 0.401 e. The Morgan fingerprint density at radius 1 is 1.55 bits per heavy atom. The molecule has 0 aromatic heterocycles. The number of alkyl halides is 3. The summed E-state index contributed by atoms with van der Waals surface area (Å²) in [7, 11) is 0. The summed E-state index contributed by atoms with van der Waals surface area (Å²) in [6, 6.07) is 0. The van der Waals surface area contributed by atoms with Crippen molar-refractivity contribution in [1.82, 2.24) is 0 Å². The lowest BCUT2D eigenvalue weighted by Gasteiger charge is -2.13. The van der Waals surface area contributed by atoms with Crippen molar-refractivity contribution in [1.29, 1.82) is 0 Å². The van der Waals surface area contributed by atoms with E-state index < -0.39 is 18.1 Å². The van der Waals surface area contributed by atoms with Gasteiger partial charge in [0.15, 0.2) is 0 Å². The third kappa shape index (κ3) is 3.25. The molecule has 0 unspecified atom stereocenters. The van der Waals surface area contributed by atoms with E-state index in [-0.39, 0.29) is 6.61 Å². The van der Waals surface area contributed by atoms with E-state index in [1.54, 1.807) is 0 Å². The highest BCUT2D eigenvalue weighted by atomic mass is 19.4. The summed E-state index contributed by atoms with van der Waals surface area (Å²) >= 11 is 0. The Balaban J connectivity index is 4.03. The molecule has 0 rings (SSSR count). The van der Waals surface area contributed by atoms with Crippen LogP contribution in [0, 0.1) is 5.92 Å². The van der Waals surface area contributed by atoms with Crippen LogP contribution in [0.3, 0.4) is 0 Å². The lowest BCUT2D eigenvalue weighted by atomic mass is 10.2. The summed E-state index contributed by atoms with van der Waals surface area (Å²) in [4.78, 5) is 10.4. The number of hydrogen-bond acceptors (Lipinski definition) is 2. The van der Waals surface area contributed by atoms with Gasteiger partial charge in [0.1, 0.15) is 5.92 Å². The molecule has 0 radical (unpaired) electrons. The van der Waals surface area contributed by atoms with E-state index in [1.165, 1.54) is 6.92 Å². The second kappa shape index (κ2) is 3.59. The number of carbonyl (C=O) groups is 1. The first-order valence-electron chi connectivity index (χ1n) is 3.13. The van der Waals surface area contributed by atoms with Crippen LogP contribution >= 0.6 is 0 Å². The Morgan fingerprint density at radius 2 is 2.00 bits per heavy atom. The largest absolute Gasteiger partial charge is 0.466 e. The van der Waals surface area contributed by atoms with Crippen molar-refractivity contribution in [3.63, 3.8) is 0 Å². The highest BCUT2D eigenvalue weighted by molar-refractivity contribution is 5.72. The van der Waals surface area contributed by atoms with Gasteiger partial charge in [0.2, 0.25) is 0 Å². The van der Waals surface area contributed by atoms with Gasteiger partial charge in [-0.2, -0.15) is 13.2 Å². The molecule has 1 atom stereocenters. The number of hydrogen-bond donors (Lipinski definition) is 0. The standard InChI is InChI=1S/C6H9F3O2/c1-3-11-5(10)4(2)6(7,8)9/h4H,3H2,1-2H3/t4-/m0/s1. The van der Waals surface area contributed by atoms with Crippen LogP contribution in [-0.2, 0) is 9.53 Å². The van der Waals surface area contributed by atoms with Crippen LogP contribution in [-0.4, -0.2) is 18.8 Å². The smallest absolute Gasteiger partial charge is 0.401 e. The molecule has 0 aliphatic heterocycles. The van der Waals surface area contributed by atoms with Crippen molar-refractivity contribution in [2.24, 2.45) is 5.92 Å². The zero-order valence-corrected chi connectivity index (χ0v) is 6.23. The van der Waals surface area contributed by atoms with Crippen molar-refractivity contribution >= 4 is 5.97 Å². The first-order chi connectivity index (χ1) is 4.89. The van der Waals surface area contributed by atoms with Crippen LogP contribution in [0.1, 0.15) is 13.8 Å². The molecule has 0 aromatic rings. The SMILES string of the molecule is CCOC(=O)[C@H](C)C(F)(F)F. The molecular formula is C6H9F3O2. The van der Waals surface area contributed by atoms with Gasteiger partial charge in [0, 0.05) is 0 Å². The van der Waals surface area contributed by atoms with E-state index in [2.05, 4.69) is 4.74 Å². The highest BCUT2D eigenvalue weighted by Crippen LogP contribution is 2.26. The van der Waals surface area contributed by atoms with Crippen molar-refractivity contribution < 1.29 is 22.7 Å². The van der Waals surface area contributed by atoms with E-state index in [4.69, 9.17) is 0 Å². The van der Waals surface area contributed by atoms with E-state index in [0.717, 1.165) is 6.92 Å². The monoisotopic (exact) mass is 170 g/mol. The van der Waals surface area contributed by atoms with Crippen molar-refractivity contribution in [3.8, 4) is 0 Å². The molecule has 0 saturated carbocycles. The summed E-state index contributed by atoms with van der Waals surface area (Å²) in [6.45, 7) is 2.21. The van der Waals surface area contributed by atoms with Crippen molar-refractivity contribution in [2.75, 3.05) is 6.61 Å². The number of halogens is 3.